The van der Waals surface area contributed by atoms with Gasteiger partial charge in [0.1, 0.15) is 17.3 Å². The predicted molar refractivity (Wildman–Crippen MR) is 90.8 cm³/mol. The van der Waals surface area contributed by atoms with Crippen molar-refractivity contribution in [3.63, 3.8) is 0 Å². The number of nitrogens with one attached hydrogen (secondary N) is 1. The van der Waals surface area contributed by atoms with Crippen molar-refractivity contribution in [3.8, 4) is 11.3 Å². The predicted octanol–water partition coefficient (Wildman–Crippen LogP) is 5.34. The van der Waals surface area contributed by atoms with Gasteiger partial charge < -0.3 is 9.73 Å². The van der Waals surface area contributed by atoms with Crippen LogP contribution in [0.15, 0.2) is 59.0 Å². The van der Waals surface area contributed by atoms with Gasteiger partial charge in [0.25, 0.3) is 0 Å². The van der Waals surface area contributed by atoms with E-state index in [2.05, 4.69) is 5.32 Å². The largest absolute Gasteiger partial charge is 0.460 e. The fraction of sp³-hybridized carbons (Fsp3) is 0.158. The molecule has 0 bridgehead atoms. The molecular formula is C19H17ClFNO. The molecule has 23 heavy (non-hydrogen) atoms. The molecule has 4 heteroatoms. The van der Waals surface area contributed by atoms with Gasteiger partial charge >= 0.3 is 0 Å². The second-order valence-electron chi connectivity index (χ2n) is 5.46. The van der Waals surface area contributed by atoms with Gasteiger partial charge in [0.15, 0.2) is 0 Å². The summed E-state index contributed by atoms with van der Waals surface area (Å²) in [6.45, 7) is 3.24. The summed E-state index contributed by atoms with van der Waals surface area (Å²) in [4.78, 5) is 0. The maximum atomic E-state index is 12.8. The molecule has 2 aromatic carbocycles. The smallest absolute Gasteiger partial charge is 0.134 e. The Morgan fingerprint density at radius 3 is 2.52 bits per heavy atom. The molecule has 0 saturated heterocycles. The highest BCUT2D eigenvalue weighted by Crippen LogP contribution is 2.26. The summed E-state index contributed by atoms with van der Waals surface area (Å²) in [6.07, 6.45) is 0. The van der Waals surface area contributed by atoms with Crippen molar-refractivity contribution in [2.75, 3.05) is 0 Å². The fourth-order valence-electron chi connectivity index (χ4n) is 2.31. The van der Waals surface area contributed by atoms with Gasteiger partial charge in [-0.05, 0) is 48.4 Å². The van der Waals surface area contributed by atoms with Crippen molar-refractivity contribution >= 4 is 11.6 Å². The summed E-state index contributed by atoms with van der Waals surface area (Å²) in [5.41, 5.74) is 3.04. The molecule has 0 atom stereocenters. The van der Waals surface area contributed by atoms with Crippen LogP contribution < -0.4 is 5.32 Å². The van der Waals surface area contributed by atoms with Crippen LogP contribution in [0.25, 0.3) is 11.3 Å². The van der Waals surface area contributed by atoms with Crippen LogP contribution in [0.4, 0.5) is 4.39 Å². The number of furan rings is 1. The molecule has 0 aliphatic rings. The second-order valence-corrected chi connectivity index (χ2v) is 5.87. The van der Waals surface area contributed by atoms with Gasteiger partial charge in [-0.1, -0.05) is 35.9 Å². The third kappa shape index (κ3) is 4.01. The minimum absolute atomic E-state index is 0.221. The molecule has 2 nitrogen and oxygen atoms in total. The SMILES string of the molecule is Cc1ccc(-c2ccc(CNCc3ccc(F)cc3)o2)cc1Cl. The zero-order chi connectivity index (χ0) is 16.2. The molecule has 0 aliphatic carbocycles. The molecule has 3 aromatic rings. The summed E-state index contributed by atoms with van der Waals surface area (Å²) in [7, 11) is 0. The number of hydrogen-bond donors (Lipinski definition) is 1. The quantitative estimate of drug-likeness (QED) is 0.683. The molecular weight excluding hydrogens is 313 g/mol. The third-order valence-electron chi connectivity index (χ3n) is 3.66. The van der Waals surface area contributed by atoms with E-state index in [1.807, 2.05) is 37.3 Å². The van der Waals surface area contributed by atoms with Gasteiger partial charge in [0, 0.05) is 17.1 Å². The van der Waals surface area contributed by atoms with Crippen LogP contribution in [0.1, 0.15) is 16.9 Å². The normalized spacial score (nSPS) is 10.9. The minimum atomic E-state index is -0.221. The van der Waals surface area contributed by atoms with Crippen molar-refractivity contribution in [1.82, 2.24) is 5.32 Å². The van der Waals surface area contributed by atoms with Gasteiger partial charge in [-0.2, -0.15) is 0 Å². The molecule has 118 valence electrons. The molecule has 1 N–H and O–H groups in total. The van der Waals surface area contributed by atoms with Crippen LogP contribution in [0.5, 0.6) is 0 Å². The highest BCUT2D eigenvalue weighted by Gasteiger charge is 2.06. The Kier molecular flexibility index (Phi) is 4.79. The first kappa shape index (κ1) is 15.8. The number of halogens is 2. The number of rotatable bonds is 5. The van der Waals surface area contributed by atoms with E-state index in [0.717, 1.165) is 33.2 Å². The maximum absolute atomic E-state index is 12.8. The van der Waals surface area contributed by atoms with Gasteiger partial charge in [-0.3, -0.25) is 0 Å². The topological polar surface area (TPSA) is 25.2 Å². The molecule has 0 amide bonds. The van der Waals surface area contributed by atoms with E-state index in [9.17, 15) is 4.39 Å². The lowest BCUT2D eigenvalue weighted by molar-refractivity contribution is 0.493. The van der Waals surface area contributed by atoms with E-state index < -0.39 is 0 Å². The highest BCUT2D eigenvalue weighted by atomic mass is 35.5. The van der Waals surface area contributed by atoms with Gasteiger partial charge in [0.05, 0.1) is 6.54 Å². The van der Waals surface area contributed by atoms with Gasteiger partial charge in [-0.25, -0.2) is 4.39 Å². The first-order chi connectivity index (χ1) is 11.1. The first-order valence-electron chi connectivity index (χ1n) is 7.42. The summed E-state index contributed by atoms with van der Waals surface area (Å²) < 4.78 is 18.7. The molecule has 0 saturated carbocycles. The molecule has 3 rings (SSSR count). The Hall–Kier alpha value is -2.10. The minimum Gasteiger partial charge on any atom is -0.460 e. The van der Waals surface area contributed by atoms with Crippen LogP contribution in [0.2, 0.25) is 5.02 Å². The second kappa shape index (κ2) is 6.99. The van der Waals surface area contributed by atoms with Gasteiger partial charge in [-0.15, -0.1) is 0 Å². The molecule has 0 fully saturated rings. The maximum Gasteiger partial charge on any atom is 0.134 e. The molecule has 0 radical (unpaired) electrons. The van der Waals surface area contributed by atoms with E-state index in [0.29, 0.717) is 13.1 Å². The third-order valence-corrected chi connectivity index (χ3v) is 4.07. The van der Waals surface area contributed by atoms with Crippen LogP contribution in [-0.4, -0.2) is 0 Å². The lowest BCUT2D eigenvalue weighted by Gasteiger charge is -2.04. The Morgan fingerprint density at radius 2 is 1.78 bits per heavy atom. The summed E-state index contributed by atoms with van der Waals surface area (Å²) in [5.74, 6) is 1.42. The number of benzene rings is 2. The lowest BCUT2D eigenvalue weighted by Crippen LogP contribution is -2.11. The van der Waals surface area contributed by atoms with E-state index in [4.69, 9.17) is 16.0 Å². The van der Waals surface area contributed by atoms with E-state index in [-0.39, 0.29) is 5.82 Å². The summed E-state index contributed by atoms with van der Waals surface area (Å²) in [6, 6.07) is 16.2. The van der Waals surface area contributed by atoms with Crippen molar-refractivity contribution in [2.24, 2.45) is 0 Å². The Labute approximate surface area is 139 Å². The van der Waals surface area contributed by atoms with E-state index in [1.165, 1.54) is 12.1 Å². The monoisotopic (exact) mass is 329 g/mol. The van der Waals surface area contributed by atoms with Crippen molar-refractivity contribution in [1.29, 1.82) is 0 Å². The Balaban J connectivity index is 1.60. The molecule has 0 spiro atoms. The van der Waals surface area contributed by atoms with Crippen LogP contribution in [0.3, 0.4) is 0 Å². The molecule has 1 heterocycles. The zero-order valence-electron chi connectivity index (χ0n) is 12.8. The van der Waals surface area contributed by atoms with Crippen molar-refractivity contribution in [2.45, 2.75) is 20.0 Å². The average Bonchev–Trinajstić information content (AvgIpc) is 3.01. The standard InChI is InChI=1S/C19H17ClFNO/c1-13-2-5-15(10-18(13)20)19-9-8-17(23-19)12-22-11-14-3-6-16(21)7-4-14/h2-10,22H,11-12H2,1H3. The zero-order valence-corrected chi connectivity index (χ0v) is 13.5. The van der Waals surface area contributed by atoms with Crippen LogP contribution in [0, 0.1) is 12.7 Å². The summed E-state index contributed by atoms with van der Waals surface area (Å²) in [5, 5.41) is 4.01. The first-order valence-corrected chi connectivity index (χ1v) is 7.80. The van der Waals surface area contributed by atoms with Crippen LogP contribution in [-0.2, 0) is 13.1 Å². The number of hydrogen-bond acceptors (Lipinski definition) is 2. The van der Waals surface area contributed by atoms with Crippen molar-refractivity contribution < 1.29 is 8.81 Å². The molecule has 1 aromatic heterocycles. The Bertz CT molecular complexity index is 795. The highest BCUT2D eigenvalue weighted by molar-refractivity contribution is 6.31. The molecule has 0 unspecified atom stereocenters. The van der Waals surface area contributed by atoms with E-state index in [1.54, 1.807) is 12.1 Å². The number of aryl methyl sites for hydroxylation is 1. The lowest BCUT2D eigenvalue weighted by atomic mass is 10.1. The molecule has 0 aliphatic heterocycles. The van der Waals surface area contributed by atoms with Crippen molar-refractivity contribution in [3.05, 3.63) is 82.3 Å². The summed E-state index contributed by atoms with van der Waals surface area (Å²) >= 11 is 6.15. The average molecular weight is 330 g/mol. The van der Waals surface area contributed by atoms with Crippen LogP contribution >= 0.6 is 11.6 Å². The Morgan fingerprint density at radius 1 is 1.00 bits per heavy atom. The van der Waals surface area contributed by atoms with E-state index >= 15 is 0 Å². The van der Waals surface area contributed by atoms with Gasteiger partial charge in [0.2, 0.25) is 0 Å². The fourth-order valence-corrected chi connectivity index (χ4v) is 2.49.